The van der Waals surface area contributed by atoms with Crippen LogP contribution in [0, 0.1) is 18.3 Å². The van der Waals surface area contributed by atoms with Crippen molar-refractivity contribution in [2.45, 2.75) is 57.3 Å². The van der Waals surface area contributed by atoms with Gasteiger partial charge in [0.2, 0.25) is 0 Å². The maximum atomic E-state index is 12.9. The average Bonchev–Trinajstić information content (AvgIpc) is 2.99. The Hall–Kier alpha value is -2.26. The zero-order chi connectivity index (χ0) is 23.7. The maximum absolute atomic E-state index is 12.9. The van der Waals surface area contributed by atoms with Crippen molar-refractivity contribution >= 4 is 13.8 Å². The fraction of sp³-hybridized carbons (Fsp3) is 0.632. The summed E-state index contributed by atoms with van der Waals surface area (Å²) in [6, 6.07) is 1.06. The Morgan fingerprint density at radius 2 is 2.19 bits per heavy atom. The van der Waals surface area contributed by atoms with E-state index in [1.165, 1.54) is 0 Å². The number of fused-ring (bicyclic) bond motifs is 1. The Bertz CT molecular complexity index is 1060. The molecule has 0 unspecified atom stereocenters. The predicted octanol–water partition coefficient (Wildman–Crippen LogP) is 0.316. The molecule has 13 heteroatoms. The van der Waals surface area contributed by atoms with E-state index in [0.717, 1.165) is 16.8 Å². The van der Waals surface area contributed by atoms with Crippen LogP contribution in [-0.4, -0.2) is 57.8 Å². The highest BCUT2D eigenvalue weighted by Crippen LogP contribution is 2.58. The zero-order valence-corrected chi connectivity index (χ0v) is 18.7. The summed E-state index contributed by atoms with van der Waals surface area (Å²) in [6.45, 7) is 4.64. The van der Waals surface area contributed by atoms with Gasteiger partial charge in [-0.3, -0.25) is 32.7 Å². The summed E-state index contributed by atoms with van der Waals surface area (Å²) >= 11 is 0. The van der Waals surface area contributed by atoms with Crippen LogP contribution >= 0.6 is 7.82 Å². The third-order valence-corrected chi connectivity index (χ3v) is 6.43. The van der Waals surface area contributed by atoms with Crippen LogP contribution < -0.4 is 11.2 Å². The molecule has 3 rings (SSSR count). The van der Waals surface area contributed by atoms with Gasteiger partial charge in [0, 0.05) is 12.3 Å². The van der Waals surface area contributed by atoms with Gasteiger partial charge in [-0.15, -0.1) is 6.42 Å². The standard InChI is InChI=1S/C19H25N2O10P/c1-5-19(25)15-13(30-17(19)21-8-6-14(22)20-18(21)24)10-28-32(26,31-15)27-9-7-12(4)16(23)29-11(2)3/h1,6,8,11-13,15,17,25H,7,9-10H2,2-4H3,(H,20,22,24)/t12-,13-,15-,17-,19-,32+/m1/s1. The van der Waals surface area contributed by atoms with Crippen LogP contribution in [0.25, 0.3) is 0 Å². The molecule has 2 aliphatic rings. The van der Waals surface area contributed by atoms with Crippen LogP contribution in [0.1, 0.15) is 33.4 Å². The van der Waals surface area contributed by atoms with Crippen LogP contribution in [0.3, 0.4) is 0 Å². The van der Waals surface area contributed by atoms with E-state index in [1.54, 1.807) is 20.8 Å². The number of ether oxygens (including phenoxy) is 2. The molecule has 0 bridgehead atoms. The molecule has 3 heterocycles. The number of nitrogens with zero attached hydrogens (tertiary/aromatic N) is 1. The number of hydrogen-bond donors (Lipinski definition) is 2. The van der Waals surface area contributed by atoms with E-state index < -0.39 is 55.0 Å². The first-order valence-electron chi connectivity index (χ1n) is 9.94. The van der Waals surface area contributed by atoms with E-state index in [4.69, 9.17) is 29.5 Å². The van der Waals surface area contributed by atoms with Crippen molar-refractivity contribution in [3.8, 4) is 12.3 Å². The molecule has 0 radical (unpaired) electrons. The summed E-state index contributed by atoms with van der Waals surface area (Å²) in [4.78, 5) is 37.4. The minimum atomic E-state index is -4.16. The van der Waals surface area contributed by atoms with E-state index in [1.807, 2.05) is 4.98 Å². The quantitative estimate of drug-likeness (QED) is 0.322. The van der Waals surface area contributed by atoms with Crippen LogP contribution in [0.15, 0.2) is 21.9 Å². The van der Waals surface area contributed by atoms with Gasteiger partial charge in [-0.1, -0.05) is 12.8 Å². The molecule has 32 heavy (non-hydrogen) atoms. The Morgan fingerprint density at radius 1 is 1.47 bits per heavy atom. The summed E-state index contributed by atoms with van der Waals surface area (Å²) in [7, 11) is -4.16. The van der Waals surface area contributed by atoms with Gasteiger partial charge >= 0.3 is 19.5 Å². The lowest BCUT2D eigenvalue weighted by Gasteiger charge is -2.34. The number of H-pyrrole nitrogens is 1. The molecule has 0 saturated carbocycles. The topological polar surface area (TPSA) is 155 Å². The number of terminal acetylenes is 1. The summed E-state index contributed by atoms with van der Waals surface area (Å²) < 4.78 is 40.5. The molecular formula is C19H25N2O10P. The molecule has 0 aliphatic carbocycles. The largest absolute Gasteiger partial charge is 0.475 e. The summed E-state index contributed by atoms with van der Waals surface area (Å²) in [5.74, 6) is 1.19. The van der Waals surface area contributed by atoms with Gasteiger partial charge in [0.15, 0.2) is 11.8 Å². The molecule has 0 aromatic carbocycles. The number of hydrogen-bond acceptors (Lipinski definition) is 10. The number of esters is 1. The molecule has 2 N–H and O–H groups in total. The molecule has 2 fully saturated rings. The first-order chi connectivity index (χ1) is 15.0. The second kappa shape index (κ2) is 9.31. The fourth-order valence-corrected chi connectivity index (χ4v) is 4.72. The molecular weight excluding hydrogens is 447 g/mol. The normalized spacial score (nSPS) is 32.8. The first kappa shape index (κ1) is 24.4. The summed E-state index contributed by atoms with van der Waals surface area (Å²) in [6.07, 6.45) is 2.79. The number of aromatic amines is 1. The lowest BCUT2D eigenvalue weighted by Crippen LogP contribution is -2.50. The van der Waals surface area contributed by atoms with E-state index in [-0.39, 0.29) is 25.7 Å². The Balaban J connectivity index is 1.70. The second-order valence-corrected chi connectivity index (χ2v) is 9.41. The fourth-order valence-electron chi connectivity index (χ4n) is 3.29. The molecule has 1 aromatic heterocycles. The number of aromatic nitrogens is 2. The van der Waals surface area contributed by atoms with Crippen molar-refractivity contribution in [2.24, 2.45) is 5.92 Å². The van der Waals surface area contributed by atoms with Crippen LogP contribution in [0.2, 0.25) is 0 Å². The number of rotatable bonds is 7. The van der Waals surface area contributed by atoms with Crippen molar-refractivity contribution in [2.75, 3.05) is 13.2 Å². The molecule has 0 amide bonds. The average molecular weight is 472 g/mol. The lowest BCUT2D eigenvalue weighted by atomic mass is 9.95. The monoisotopic (exact) mass is 472 g/mol. The molecule has 12 nitrogen and oxygen atoms in total. The number of aliphatic hydroxyl groups is 1. The van der Waals surface area contributed by atoms with Crippen molar-refractivity contribution in [3.63, 3.8) is 0 Å². The van der Waals surface area contributed by atoms with Crippen molar-refractivity contribution in [1.29, 1.82) is 0 Å². The van der Waals surface area contributed by atoms with Gasteiger partial charge in [0.1, 0.15) is 12.2 Å². The van der Waals surface area contributed by atoms with Gasteiger partial charge in [-0.05, 0) is 20.3 Å². The van der Waals surface area contributed by atoms with Crippen LogP contribution in [0.5, 0.6) is 0 Å². The van der Waals surface area contributed by atoms with Crippen molar-refractivity contribution in [1.82, 2.24) is 9.55 Å². The van der Waals surface area contributed by atoms with Gasteiger partial charge in [-0.2, -0.15) is 0 Å². The van der Waals surface area contributed by atoms with Gasteiger partial charge < -0.3 is 14.6 Å². The van der Waals surface area contributed by atoms with Crippen molar-refractivity contribution < 1.29 is 37.5 Å². The smallest absolute Gasteiger partial charge is 0.463 e. The van der Waals surface area contributed by atoms with Gasteiger partial charge in [0.25, 0.3) is 5.56 Å². The minimum Gasteiger partial charge on any atom is -0.463 e. The number of nitrogens with one attached hydrogen (secondary N) is 1. The lowest BCUT2D eigenvalue weighted by molar-refractivity contribution is -0.152. The molecule has 2 aliphatic heterocycles. The highest BCUT2D eigenvalue weighted by Gasteiger charge is 2.62. The Kier molecular flexibility index (Phi) is 7.09. The van der Waals surface area contributed by atoms with E-state index in [9.17, 15) is 24.1 Å². The molecule has 1 aromatic rings. The van der Waals surface area contributed by atoms with Crippen LogP contribution in [0.4, 0.5) is 0 Å². The van der Waals surface area contributed by atoms with E-state index >= 15 is 0 Å². The molecule has 0 spiro atoms. The minimum absolute atomic E-state index is 0.152. The number of phosphoric ester groups is 1. The molecule has 6 atom stereocenters. The highest BCUT2D eigenvalue weighted by atomic mass is 31.2. The number of phosphoric acid groups is 1. The Morgan fingerprint density at radius 3 is 2.81 bits per heavy atom. The number of carbonyl (C=O) groups excluding carboxylic acids is 1. The van der Waals surface area contributed by atoms with Crippen LogP contribution in [-0.2, 0) is 32.4 Å². The first-order valence-corrected chi connectivity index (χ1v) is 11.4. The SMILES string of the molecule is C#C[C@@]1(O)[C@@H]2O[P@@](=O)(OCC[C@@H](C)C(=O)OC(C)C)OC[C@H]2O[C@H]1n1ccc(=O)[nH]c1=O. The second-order valence-electron chi connectivity index (χ2n) is 7.79. The third-order valence-electron chi connectivity index (χ3n) is 4.98. The highest BCUT2D eigenvalue weighted by molar-refractivity contribution is 7.48. The number of carbonyl (C=O) groups is 1. The maximum Gasteiger partial charge on any atom is 0.475 e. The summed E-state index contributed by atoms with van der Waals surface area (Å²) in [5.41, 5.74) is -3.73. The molecule has 176 valence electrons. The molecule has 2 saturated heterocycles. The zero-order valence-electron chi connectivity index (χ0n) is 17.8. The Labute approximate surface area is 183 Å². The predicted molar refractivity (Wildman–Crippen MR) is 108 cm³/mol. The van der Waals surface area contributed by atoms with Gasteiger partial charge in [-0.25, -0.2) is 9.36 Å². The van der Waals surface area contributed by atoms with Gasteiger partial charge in [0.05, 0.1) is 25.2 Å². The van der Waals surface area contributed by atoms with E-state index in [0.29, 0.717) is 0 Å². The summed E-state index contributed by atoms with van der Waals surface area (Å²) in [5, 5.41) is 11.1. The van der Waals surface area contributed by atoms with Crippen molar-refractivity contribution in [3.05, 3.63) is 33.1 Å². The third kappa shape index (κ3) is 4.88. The van der Waals surface area contributed by atoms with E-state index in [2.05, 4.69) is 5.92 Å².